The van der Waals surface area contributed by atoms with Crippen molar-refractivity contribution in [2.75, 3.05) is 13.7 Å². The number of hydrogen-bond acceptors (Lipinski definition) is 3. The molecule has 0 spiro atoms. The van der Waals surface area contributed by atoms with Crippen LogP contribution in [0, 0.1) is 0 Å². The number of nitrogens with zero attached hydrogens (tertiary/aromatic N) is 1. The number of benzene rings is 1. The van der Waals surface area contributed by atoms with E-state index in [4.69, 9.17) is 9.84 Å². The van der Waals surface area contributed by atoms with Gasteiger partial charge in [-0.25, -0.2) is 9.59 Å². The first-order valence-electron chi connectivity index (χ1n) is 6.40. The predicted molar refractivity (Wildman–Crippen MR) is 78.7 cm³/mol. The van der Waals surface area contributed by atoms with Crippen LogP contribution in [0.15, 0.2) is 22.7 Å². The highest BCUT2D eigenvalue weighted by Gasteiger charge is 2.36. The summed E-state index contributed by atoms with van der Waals surface area (Å²) < 4.78 is 5.52. The topological polar surface area (TPSA) is 66.8 Å². The van der Waals surface area contributed by atoms with E-state index in [0.29, 0.717) is 18.5 Å². The van der Waals surface area contributed by atoms with E-state index >= 15 is 0 Å². The zero-order valence-corrected chi connectivity index (χ0v) is 13.3. The minimum absolute atomic E-state index is 0.295. The third-order valence-electron chi connectivity index (χ3n) is 3.01. The zero-order valence-electron chi connectivity index (χ0n) is 11.7. The minimum Gasteiger partial charge on any atom is -0.467 e. The van der Waals surface area contributed by atoms with E-state index in [1.54, 1.807) is 6.07 Å². The lowest BCUT2D eigenvalue weighted by Gasteiger charge is -2.33. The summed E-state index contributed by atoms with van der Waals surface area (Å²) in [5, 5.41) is 9.15. The van der Waals surface area contributed by atoms with Crippen molar-refractivity contribution in [3.05, 3.63) is 33.8 Å². The lowest BCUT2D eigenvalue weighted by atomic mass is 9.93. The molecule has 0 bridgehead atoms. The van der Waals surface area contributed by atoms with Crippen LogP contribution < -0.4 is 0 Å². The maximum atomic E-state index is 11.8. The van der Waals surface area contributed by atoms with Crippen LogP contribution in [-0.2, 0) is 16.0 Å². The first kappa shape index (κ1) is 16.5. The summed E-state index contributed by atoms with van der Waals surface area (Å²) in [7, 11) is 1.26. The van der Waals surface area contributed by atoms with E-state index < -0.39 is 18.1 Å². The molecular weight excluding hydrogens is 326 g/mol. The van der Waals surface area contributed by atoms with Gasteiger partial charge in [0.05, 0.1) is 7.11 Å². The Balaban J connectivity index is 0.000000956. The van der Waals surface area contributed by atoms with Crippen LogP contribution >= 0.6 is 15.9 Å². The number of carboxylic acid groups (broad SMARTS) is 1. The second-order valence-corrected chi connectivity index (χ2v) is 4.91. The molecule has 1 heterocycles. The SMILES string of the molecule is CC.COC(=O)C1c2cc(Br)ccc2CCN1C(=O)O. The molecule has 6 heteroatoms. The first-order chi connectivity index (χ1) is 9.54. The van der Waals surface area contributed by atoms with Crippen LogP contribution in [0.25, 0.3) is 0 Å². The highest BCUT2D eigenvalue weighted by atomic mass is 79.9. The largest absolute Gasteiger partial charge is 0.467 e. The quantitative estimate of drug-likeness (QED) is 0.795. The normalized spacial score (nSPS) is 16.6. The van der Waals surface area contributed by atoms with Crippen LogP contribution in [0.3, 0.4) is 0 Å². The first-order valence-corrected chi connectivity index (χ1v) is 7.19. The maximum absolute atomic E-state index is 11.8. The summed E-state index contributed by atoms with van der Waals surface area (Å²) in [6, 6.07) is 4.67. The number of methoxy groups -OCH3 is 1. The number of rotatable bonds is 1. The fourth-order valence-corrected chi connectivity index (χ4v) is 2.54. The number of fused-ring (bicyclic) bond motifs is 1. The van der Waals surface area contributed by atoms with Crippen LogP contribution in [0.4, 0.5) is 4.79 Å². The van der Waals surface area contributed by atoms with Crippen molar-refractivity contribution in [1.82, 2.24) is 4.90 Å². The van der Waals surface area contributed by atoms with Gasteiger partial charge in [-0.2, -0.15) is 0 Å². The van der Waals surface area contributed by atoms with Gasteiger partial charge in [0.25, 0.3) is 0 Å². The molecular formula is C14H18BrNO4. The molecule has 20 heavy (non-hydrogen) atoms. The molecule has 0 saturated heterocycles. The molecule has 1 atom stereocenters. The van der Waals surface area contributed by atoms with Crippen molar-refractivity contribution in [3.8, 4) is 0 Å². The maximum Gasteiger partial charge on any atom is 0.408 e. The van der Waals surface area contributed by atoms with Crippen molar-refractivity contribution in [3.63, 3.8) is 0 Å². The van der Waals surface area contributed by atoms with E-state index in [-0.39, 0.29) is 0 Å². The van der Waals surface area contributed by atoms with E-state index in [2.05, 4.69) is 15.9 Å². The lowest BCUT2D eigenvalue weighted by Crippen LogP contribution is -2.43. The Morgan fingerprint density at radius 3 is 2.60 bits per heavy atom. The zero-order chi connectivity index (χ0) is 15.3. The van der Waals surface area contributed by atoms with Crippen molar-refractivity contribution in [2.45, 2.75) is 26.3 Å². The standard InChI is InChI=1S/C12H12BrNO4.C2H6/c1-18-11(15)10-9-6-8(13)3-2-7(9)4-5-14(10)12(16)17;1-2/h2-3,6,10H,4-5H2,1H3,(H,16,17);1-2H3. The van der Waals surface area contributed by atoms with Crippen molar-refractivity contribution >= 4 is 28.0 Å². The van der Waals surface area contributed by atoms with Crippen molar-refractivity contribution in [1.29, 1.82) is 0 Å². The molecule has 0 saturated carbocycles. The highest BCUT2D eigenvalue weighted by molar-refractivity contribution is 9.10. The van der Waals surface area contributed by atoms with E-state index in [0.717, 1.165) is 14.9 Å². The Labute approximate surface area is 126 Å². The molecule has 1 unspecified atom stereocenters. The third-order valence-corrected chi connectivity index (χ3v) is 3.50. The number of amides is 1. The molecule has 2 rings (SSSR count). The van der Waals surface area contributed by atoms with Gasteiger partial charge >= 0.3 is 12.1 Å². The van der Waals surface area contributed by atoms with Gasteiger partial charge in [0, 0.05) is 11.0 Å². The van der Waals surface area contributed by atoms with Crippen molar-refractivity contribution in [2.24, 2.45) is 0 Å². The molecule has 5 nitrogen and oxygen atoms in total. The van der Waals surface area contributed by atoms with Gasteiger partial charge in [-0.1, -0.05) is 35.8 Å². The third kappa shape index (κ3) is 3.30. The Kier molecular flexibility index (Phi) is 6.01. The molecule has 0 aromatic heterocycles. The molecule has 0 fully saturated rings. The van der Waals surface area contributed by atoms with Crippen LogP contribution in [0.5, 0.6) is 0 Å². The average molecular weight is 344 g/mol. The fraction of sp³-hybridized carbons (Fsp3) is 0.429. The molecule has 110 valence electrons. The molecule has 0 aliphatic carbocycles. The predicted octanol–water partition coefficient (Wildman–Crippen LogP) is 3.23. The van der Waals surface area contributed by atoms with Gasteiger partial charge in [-0.15, -0.1) is 0 Å². The number of esters is 1. The second-order valence-electron chi connectivity index (χ2n) is 3.99. The highest BCUT2D eigenvalue weighted by Crippen LogP contribution is 2.32. The fourth-order valence-electron chi connectivity index (χ4n) is 2.16. The monoisotopic (exact) mass is 343 g/mol. The molecule has 1 aromatic carbocycles. The molecule has 1 N–H and O–H groups in total. The van der Waals surface area contributed by atoms with E-state index in [1.807, 2.05) is 26.0 Å². The minimum atomic E-state index is -1.11. The summed E-state index contributed by atoms with van der Waals surface area (Å²) in [6.07, 6.45) is -0.515. The Hall–Kier alpha value is -1.56. The Morgan fingerprint density at radius 1 is 1.40 bits per heavy atom. The summed E-state index contributed by atoms with van der Waals surface area (Å²) in [4.78, 5) is 24.1. The van der Waals surface area contributed by atoms with Gasteiger partial charge < -0.3 is 9.84 Å². The number of halogens is 1. The summed E-state index contributed by atoms with van der Waals surface area (Å²) in [5.74, 6) is -0.559. The van der Waals surface area contributed by atoms with Crippen LogP contribution in [0.2, 0.25) is 0 Å². The van der Waals surface area contributed by atoms with Gasteiger partial charge in [-0.3, -0.25) is 4.90 Å². The van der Waals surface area contributed by atoms with Crippen molar-refractivity contribution < 1.29 is 19.4 Å². The second kappa shape index (κ2) is 7.28. The number of hydrogen-bond donors (Lipinski definition) is 1. The van der Waals surface area contributed by atoms with Gasteiger partial charge in [0.2, 0.25) is 0 Å². The Morgan fingerprint density at radius 2 is 2.05 bits per heavy atom. The Bertz CT molecular complexity index is 504. The lowest BCUT2D eigenvalue weighted by molar-refractivity contribution is -0.146. The van der Waals surface area contributed by atoms with Crippen LogP contribution in [0.1, 0.15) is 31.0 Å². The smallest absolute Gasteiger partial charge is 0.408 e. The molecule has 0 radical (unpaired) electrons. The number of carbonyl (C=O) groups is 2. The summed E-state index contributed by atoms with van der Waals surface area (Å²) in [5.41, 5.74) is 1.66. The molecule has 1 amide bonds. The number of ether oxygens (including phenoxy) is 1. The molecule has 1 aliphatic rings. The van der Waals surface area contributed by atoms with Gasteiger partial charge in [-0.05, 0) is 29.7 Å². The van der Waals surface area contributed by atoms with Gasteiger partial charge in [0.1, 0.15) is 0 Å². The van der Waals surface area contributed by atoms with E-state index in [1.165, 1.54) is 7.11 Å². The average Bonchev–Trinajstić information content (AvgIpc) is 2.47. The number of carbonyl (C=O) groups excluding carboxylic acids is 1. The van der Waals surface area contributed by atoms with Gasteiger partial charge in [0.15, 0.2) is 6.04 Å². The van der Waals surface area contributed by atoms with Crippen LogP contribution in [-0.4, -0.2) is 35.7 Å². The molecule has 1 aromatic rings. The van der Waals surface area contributed by atoms with E-state index in [9.17, 15) is 9.59 Å². The summed E-state index contributed by atoms with van der Waals surface area (Å²) >= 11 is 3.33. The molecule has 1 aliphatic heterocycles. The summed E-state index contributed by atoms with van der Waals surface area (Å²) in [6.45, 7) is 4.30.